The highest BCUT2D eigenvalue weighted by Crippen LogP contribution is 2.49. The monoisotopic (exact) mass is 506 g/mol. The van der Waals surface area contributed by atoms with Gasteiger partial charge >= 0.3 is 5.97 Å². The summed E-state index contributed by atoms with van der Waals surface area (Å²) in [5, 5.41) is 13.8. The Labute approximate surface area is 221 Å². The summed E-state index contributed by atoms with van der Waals surface area (Å²) >= 11 is 0. The summed E-state index contributed by atoms with van der Waals surface area (Å²) in [6.07, 6.45) is 5.85. The summed E-state index contributed by atoms with van der Waals surface area (Å²) in [5.74, 6) is -0.235. The zero-order valence-corrected chi connectivity index (χ0v) is 23.3. The summed E-state index contributed by atoms with van der Waals surface area (Å²) in [6, 6.07) is 8.37. The fourth-order valence-corrected chi connectivity index (χ4v) is 5.91. The molecule has 1 amide bonds. The van der Waals surface area contributed by atoms with Gasteiger partial charge in [-0.05, 0) is 81.7 Å². The van der Waals surface area contributed by atoms with Gasteiger partial charge in [-0.3, -0.25) is 9.59 Å². The van der Waals surface area contributed by atoms with Gasteiger partial charge in [-0.1, -0.05) is 56.0 Å². The van der Waals surface area contributed by atoms with Crippen LogP contribution in [0.25, 0.3) is 11.1 Å². The zero-order chi connectivity index (χ0) is 27.0. The van der Waals surface area contributed by atoms with E-state index in [0.717, 1.165) is 77.7 Å². The molecule has 2 aliphatic rings. The van der Waals surface area contributed by atoms with Crippen molar-refractivity contribution in [3.05, 3.63) is 46.5 Å². The molecule has 1 saturated carbocycles. The topological polar surface area (TPSA) is 78.9 Å². The average Bonchev–Trinajstić information content (AvgIpc) is 2.85. The van der Waals surface area contributed by atoms with Gasteiger partial charge in [-0.15, -0.1) is 0 Å². The number of nitrogens with one attached hydrogen (secondary N) is 1. The van der Waals surface area contributed by atoms with E-state index in [9.17, 15) is 14.7 Å². The number of amides is 1. The van der Waals surface area contributed by atoms with Crippen molar-refractivity contribution >= 4 is 23.3 Å². The van der Waals surface area contributed by atoms with Gasteiger partial charge in [0.1, 0.15) is 12.1 Å². The van der Waals surface area contributed by atoms with E-state index in [4.69, 9.17) is 4.74 Å². The van der Waals surface area contributed by atoms with E-state index in [1.54, 1.807) is 13.8 Å². The van der Waals surface area contributed by atoms with Gasteiger partial charge < -0.3 is 20.1 Å². The molecule has 0 atom stereocenters. The number of benzene rings is 2. The molecule has 1 fully saturated rings. The molecule has 0 saturated heterocycles. The Morgan fingerprint density at radius 2 is 1.73 bits per heavy atom. The van der Waals surface area contributed by atoms with Crippen LogP contribution in [-0.2, 0) is 20.7 Å². The maximum absolute atomic E-state index is 14.0. The first-order valence-electron chi connectivity index (χ1n) is 13.7. The molecular formula is C31H42N2O4. The number of aryl methyl sites for hydroxylation is 1. The van der Waals surface area contributed by atoms with Gasteiger partial charge in [-0.25, -0.2) is 0 Å². The van der Waals surface area contributed by atoms with Gasteiger partial charge in [0.2, 0.25) is 0 Å². The second kappa shape index (κ2) is 10.5. The van der Waals surface area contributed by atoms with Crippen molar-refractivity contribution in [1.29, 1.82) is 0 Å². The van der Waals surface area contributed by atoms with E-state index in [2.05, 4.69) is 50.4 Å². The first-order chi connectivity index (χ1) is 17.5. The van der Waals surface area contributed by atoms with Crippen molar-refractivity contribution in [2.24, 2.45) is 0 Å². The predicted molar refractivity (Wildman–Crippen MR) is 149 cm³/mol. The number of hydrogen-bond acceptors (Lipinski definition) is 5. The molecule has 6 nitrogen and oxygen atoms in total. The Morgan fingerprint density at radius 3 is 2.32 bits per heavy atom. The molecule has 200 valence electrons. The van der Waals surface area contributed by atoms with Crippen molar-refractivity contribution in [1.82, 2.24) is 0 Å². The van der Waals surface area contributed by atoms with Gasteiger partial charge in [0.15, 0.2) is 0 Å². The SMILES string of the molecule is CCCN1C(=O)C2(CCCCC2)Nc2c(C)c(-c3ccc(C)cc3)c(CC(=O)OCC(C)(C)O)c(C)c21. The van der Waals surface area contributed by atoms with Crippen molar-refractivity contribution in [3.8, 4) is 11.1 Å². The van der Waals surface area contributed by atoms with Crippen LogP contribution in [0, 0.1) is 20.8 Å². The third kappa shape index (κ3) is 5.40. The van der Waals surface area contributed by atoms with Crippen LogP contribution in [0.15, 0.2) is 24.3 Å². The second-order valence-electron chi connectivity index (χ2n) is 11.6. The lowest BCUT2D eigenvalue weighted by molar-refractivity contribution is -0.149. The maximum atomic E-state index is 14.0. The van der Waals surface area contributed by atoms with Crippen LogP contribution in [-0.4, -0.2) is 41.3 Å². The summed E-state index contributed by atoms with van der Waals surface area (Å²) in [7, 11) is 0. The smallest absolute Gasteiger partial charge is 0.310 e. The van der Waals surface area contributed by atoms with Crippen LogP contribution in [0.5, 0.6) is 0 Å². The Kier molecular flexibility index (Phi) is 7.70. The third-order valence-electron chi connectivity index (χ3n) is 7.79. The highest BCUT2D eigenvalue weighted by atomic mass is 16.5. The van der Waals surface area contributed by atoms with Crippen LogP contribution < -0.4 is 10.2 Å². The molecule has 0 aromatic heterocycles. The molecule has 4 rings (SSSR count). The minimum absolute atomic E-state index is 0.0680. The molecule has 0 radical (unpaired) electrons. The fraction of sp³-hybridized carbons (Fsp3) is 0.548. The van der Waals surface area contributed by atoms with E-state index in [1.165, 1.54) is 5.56 Å². The quantitative estimate of drug-likeness (QED) is 0.450. The summed E-state index contributed by atoms with van der Waals surface area (Å²) in [6.45, 7) is 12.1. The number of anilines is 2. The van der Waals surface area contributed by atoms with Gasteiger partial charge in [0.25, 0.3) is 5.91 Å². The van der Waals surface area contributed by atoms with Gasteiger partial charge in [0, 0.05) is 6.54 Å². The van der Waals surface area contributed by atoms with E-state index < -0.39 is 11.1 Å². The Morgan fingerprint density at radius 1 is 1.08 bits per heavy atom. The molecule has 1 aliphatic heterocycles. The highest BCUT2D eigenvalue weighted by molar-refractivity contribution is 6.10. The lowest BCUT2D eigenvalue weighted by Gasteiger charge is -2.47. The molecule has 6 heteroatoms. The highest BCUT2D eigenvalue weighted by Gasteiger charge is 2.47. The molecule has 1 spiro atoms. The molecule has 2 aromatic rings. The first-order valence-corrected chi connectivity index (χ1v) is 13.7. The number of aliphatic hydroxyl groups is 1. The molecule has 37 heavy (non-hydrogen) atoms. The molecular weight excluding hydrogens is 464 g/mol. The molecule has 0 unspecified atom stereocenters. The Hall–Kier alpha value is -2.86. The maximum Gasteiger partial charge on any atom is 0.310 e. The van der Waals surface area contributed by atoms with Crippen molar-refractivity contribution < 1.29 is 19.4 Å². The number of carbonyl (C=O) groups is 2. The normalized spacial score (nSPS) is 16.9. The minimum Gasteiger partial charge on any atom is -0.462 e. The first kappa shape index (κ1) is 27.2. The molecule has 1 heterocycles. The van der Waals surface area contributed by atoms with Gasteiger partial charge in [0.05, 0.1) is 23.4 Å². The van der Waals surface area contributed by atoms with E-state index >= 15 is 0 Å². The van der Waals surface area contributed by atoms with Gasteiger partial charge in [-0.2, -0.15) is 0 Å². The zero-order valence-electron chi connectivity index (χ0n) is 23.3. The van der Waals surface area contributed by atoms with Crippen molar-refractivity contribution in [2.75, 3.05) is 23.4 Å². The predicted octanol–water partition coefficient (Wildman–Crippen LogP) is 6.01. The number of carbonyl (C=O) groups excluding carboxylic acids is 2. The lowest BCUT2D eigenvalue weighted by atomic mass is 9.77. The van der Waals surface area contributed by atoms with Crippen molar-refractivity contribution in [2.45, 2.75) is 97.6 Å². The average molecular weight is 507 g/mol. The number of fused-ring (bicyclic) bond motifs is 1. The second-order valence-corrected chi connectivity index (χ2v) is 11.6. The summed E-state index contributed by atoms with van der Waals surface area (Å²) in [5.41, 5.74) is 6.31. The molecule has 2 N–H and O–H groups in total. The molecule has 2 aromatic carbocycles. The van der Waals surface area contributed by atoms with E-state index in [1.807, 2.05) is 11.8 Å². The van der Waals surface area contributed by atoms with Crippen LogP contribution >= 0.6 is 0 Å². The van der Waals surface area contributed by atoms with Crippen molar-refractivity contribution in [3.63, 3.8) is 0 Å². The number of nitrogens with zero attached hydrogens (tertiary/aromatic N) is 1. The lowest BCUT2D eigenvalue weighted by Crippen LogP contribution is -2.59. The van der Waals surface area contributed by atoms with E-state index in [-0.39, 0.29) is 24.9 Å². The van der Waals surface area contributed by atoms with Crippen LogP contribution in [0.1, 0.15) is 81.5 Å². The largest absolute Gasteiger partial charge is 0.462 e. The number of hydrogen-bond donors (Lipinski definition) is 2. The minimum atomic E-state index is -1.10. The third-order valence-corrected chi connectivity index (χ3v) is 7.79. The van der Waals surface area contributed by atoms with Crippen LogP contribution in [0.2, 0.25) is 0 Å². The summed E-state index contributed by atoms with van der Waals surface area (Å²) in [4.78, 5) is 29.0. The number of rotatable bonds is 7. The fourth-order valence-electron chi connectivity index (χ4n) is 5.91. The molecule has 0 bridgehead atoms. The Bertz CT molecular complexity index is 1170. The Balaban J connectivity index is 1.90. The van der Waals surface area contributed by atoms with Crippen LogP contribution in [0.4, 0.5) is 11.4 Å². The van der Waals surface area contributed by atoms with Crippen LogP contribution in [0.3, 0.4) is 0 Å². The molecule has 1 aliphatic carbocycles. The summed E-state index contributed by atoms with van der Waals surface area (Å²) < 4.78 is 5.46. The number of esters is 1. The standard InChI is InChI=1S/C31H42N2O4/c1-7-17-33-28-21(3)24(18-25(34)37-19-30(5,6)36)26(23-13-11-20(2)12-14-23)22(4)27(28)32-31(29(33)35)15-9-8-10-16-31/h11-14,32,36H,7-10,15-19H2,1-6H3. The number of ether oxygens (including phenoxy) is 1. The van der Waals surface area contributed by atoms with E-state index in [0.29, 0.717) is 6.54 Å².